The standard InChI is InChI=1S/C13H15N3OS2/c14-9-5-6-18-12(9)7-16-10-3-1-2-4-11(10)19-8-13(15)17/h1-6,16H,7-8,14H2,(H2,15,17). The summed E-state index contributed by atoms with van der Waals surface area (Å²) in [5.41, 5.74) is 12.8. The van der Waals surface area contributed by atoms with Crippen LogP contribution in [0.4, 0.5) is 11.4 Å². The first-order valence-corrected chi connectivity index (χ1v) is 7.59. The van der Waals surface area contributed by atoms with Gasteiger partial charge in [0.05, 0.1) is 12.3 Å². The number of carbonyl (C=O) groups is 1. The molecule has 1 aromatic carbocycles. The molecule has 0 fully saturated rings. The Bertz CT molecular complexity index is 569. The van der Waals surface area contributed by atoms with Gasteiger partial charge in [-0.15, -0.1) is 23.1 Å². The number of anilines is 2. The molecule has 0 bridgehead atoms. The second-order valence-electron chi connectivity index (χ2n) is 3.90. The van der Waals surface area contributed by atoms with E-state index in [1.165, 1.54) is 11.8 Å². The Morgan fingerprint density at radius 2 is 2.11 bits per heavy atom. The minimum atomic E-state index is -0.317. The Balaban J connectivity index is 2.03. The van der Waals surface area contributed by atoms with E-state index in [1.54, 1.807) is 11.3 Å². The van der Waals surface area contributed by atoms with E-state index in [4.69, 9.17) is 11.5 Å². The largest absolute Gasteiger partial charge is 0.398 e. The molecule has 0 aliphatic heterocycles. The summed E-state index contributed by atoms with van der Waals surface area (Å²) in [4.78, 5) is 13.0. The lowest BCUT2D eigenvalue weighted by atomic mass is 10.3. The summed E-state index contributed by atoms with van der Waals surface area (Å²) in [6.07, 6.45) is 0. The summed E-state index contributed by atoms with van der Waals surface area (Å²) in [7, 11) is 0. The smallest absolute Gasteiger partial charge is 0.227 e. The first kappa shape index (κ1) is 13.8. The zero-order chi connectivity index (χ0) is 13.7. The van der Waals surface area contributed by atoms with E-state index in [0.29, 0.717) is 6.54 Å². The summed E-state index contributed by atoms with van der Waals surface area (Å²) in [5.74, 6) is -0.0397. The second-order valence-corrected chi connectivity index (χ2v) is 5.92. The number of amides is 1. The van der Waals surface area contributed by atoms with Crippen molar-refractivity contribution in [2.24, 2.45) is 5.73 Å². The Morgan fingerprint density at radius 3 is 2.79 bits per heavy atom. The summed E-state index contributed by atoms with van der Waals surface area (Å²) in [6.45, 7) is 0.678. The van der Waals surface area contributed by atoms with Crippen molar-refractivity contribution in [2.75, 3.05) is 16.8 Å². The fraction of sp³-hybridized carbons (Fsp3) is 0.154. The molecule has 1 heterocycles. The third-order valence-electron chi connectivity index (χ3n) is 2.48. The highest BCUT2D eigenvalue weighted by Gasteiger charge is 2.05. The molecule has 4 nitrogen and oxygen atoms in total. The Hall–Kier alpha value is -1.66. The van der Waals surface area contributed by atoms with Gasteiger partial charge >= 0.3 is 0 Å². The van der Waals surface area contributed by atoms with E-state index < -0.39 is 0 Å². The molecule has 6 heteroatoms. The van der Waals surface area contributed by atoms with Crippen molar-refractivity contribution in [3.8, 4) is 0 Å². The number of thiophene rings is 1. The molecule has 1 amide bonds. The molecule has 0 unspecified atom stereocenters. The summed E-state index contributed by atoms with van der Waals surface area (Å²) < 4.78 is 0. The molecule has 1 aromatic heterocycles. The van der Waals surface area contributed by atoms with Crippen LogP contribution in [0.15, 0.2) is 40.6 Å². The predicted octanol–water partition coefficient (Wildman–Crippen LogP) is 2.52. The van der Waals surface area contributed by atoms with Crippen LogP contribution in [0, 0.1) is 0 Å². The maximum atomic E-state index is 10.8. The van der Waals surface area contributed by atoms with Crippen LogP contribution in [0.1, 0.15) is 4.88 Å². The Morgan fingerprint density at radius 1 is 1.32 bits per heavy atom. The van der Waals surface area contributed by atoms with Gasteiger partial charge < -0.3 is 16.8 Å². The minimum Gasteiger partial charge on any atom is -0.398 e. The highest BCUT2D eigenvalue weighted by molar-refractivity contribution is 8.00. The number of benzene rings is 1. The third kappa shape index (κ3) is 3.90. The number of nitrogen functional groups attached to an aromatic ring is 1. The molecule has 0 radical (unpaired) electrons. The fourth-order valence-electron chi connectivity index (χ4n) is 1.56. The van der Waals surface area contributed by atoms with Gasteiger partial charge in [0.1, 0.15) is 0 Å². The molecular weight excluding hydrogens is 278 g/mol. The molecule has 0 spiro atoms. The molecule has 5 N–H and O–H groups in total. The zero-order valence-electron chi connectivity index (χ0n) is 10.3. The van der Waals surface area contributed by atoms with Crippen LogP contribution in [0.3, 0.4) is 0 Å². The van der Waals surface area contributed by atoms with E-state index in [9.17, 15) is 4.79 Å². The molecule has 0 saturated carbocycles. The van der Waals surface area contributed by atoms with Crippen LogP contribution in [-0.2, 0) is 11.3 Å². The van der Waals surface area contributed by atoms with E-state index in [-0.39, 0.29) is 11.7 Å². The molecule has 0 aliphatic carbocycles. The maximum absolute atomic E-state index is 10.8. The number of rotatable bonds is 6. The number of thioether (sulfide) groups is 1. The first-order chi connectivity index (χ1) is 9.16. The van der Waals surface area contributed by atoms with Crippen molar-refractivity contribution in [1.29, 1.82) is 0 Å². The van der Waals surface area contributed by atoms with Gasteiger partial charge in [0.25, 0.3) is 0 Å². The van der Waals surface area contributed by atoms with Crippen molar-refractivity contribution in [3.63, 3.8) is 0 Å². The van der Waals surface area contributed by atoms with E-state index in [2.05, 4.69) is 5.32 Å². The van der Waals surface area contributed by atoms with Gasteiger partial charge in [0.15, 0.2) is 0 Å². The van der Waals surface area contributed by atoms with Crippen molar-refractivity contribution < 1.29 is 4.79 Å². The molecule has 19 heavy (non-hydrogen) atoms. The molecular formula is C13H15N3OS2. The van der Waals surface area contributed by atoms with Gasteiger partial charge in [-0.05, 0) is 23.6 Å². The number of para-hydroxylation sites is 1. The van der Waals surface area contributed by atoms with Gasteiger partial charge in [-0.1, -0.05) is 12.1 Å². The van der Waals surface area contributed by atoms with Crippen molar-refractivity contribution in [2.45, 2.75) is 11.4 Å². The minimum absolute atomic E-state index is 0.278. The van der Waals surface area contributed by atoms with Crippen molar-refractivity contribution >= 4 is 40.4 Å². The van der Waals surface area contributed by atoms with Gasteiger partial charge in [-0.3, -0.25) is 4.79 Å². The molecule has 0 atom stereocenters. The molecule has 100 valence electrons. The molecule has 2 rings (SSSR count). The number of nitrogens with one attached hydrogen (secondary N) is 1. The Labute approximate surface area is 120 Å². The summed E-state index contributed by atoms with van der Waals surface area (Å²) in [6, 6.07) is 9.73. The van der Waals surface area contributed by atoms with Crippen molar-refractivity contribution in [1.82, 2.24) is 0 Å². The van der Waals surface area contributed by atoms with Crippen molar-refractivity contribution in [3.05, 3.63) is 40.6 Å². The van der Waals surface area contributed by atoms with Crippen LogP contribution in [0.25, 0.3) is 0 Å². The SMILES string of the molecule is NC(=O)CSc1ccccc1NCc1sccc1N. The number of hydrogen-bond acceptors (Lipinski definition) is 5. The van der Waals surface area contributed by atoms with Gasteiger partial charge in [0, 0.05) is 21.1 Å². The van der Waals surface area contributed by atoms with Gasteiger partial charge in [-0.25, -0.2) is 0 Å². The first-order valence-electron chi connectivity index (χ1n) is 5.72. The lowest BCUT2D eigenvalue weighted by Gasteiger charge is -2.10. The molecule has 0 saturated heterocycles. The zero-order valence-corrected chi connectivity index (χ0v) is 11.9. The average molecular weight is 293 g/mol. The molecule has 2 aromatic rings. The van der Waals surface area contributed by atoms with Gasteiger partial charge in [-0.2, -0.15) is 0 Å². The summed E-state index contributed by atoms with van der Waals surface area (Å²) >= 11 is 3.06. The highest BCUT2D eigenvalue weighted by atomic mass is 32.2. The lowest BCUT2D eigenvalue weighted by Crippen LogP contribution is -2.13. The second kappa shape index (κ2) is 6.49. The van der Waals surface area contributed by atoms with E-state index >= 15 is 0 Å². The van der Waals surface area contributed by atoms with Crippen LogP contribution >= 0.6 is 23.1 Å². The molecule has 0 aliphatic rings. The van der Waals surface area contributed by atoms with Crippen LogP contribution < -0.4 is 16.8 Å². The third-order valence-corrected chi connectivity index (χ3v) is 4.51. The monoisotopic (exact) mass is 293 g/mol. The van der Waals surface area contributed by atoms with Crippen LogP contribution in [-0.4, -0.2) is 11.7 Å². The Kier molecular flexibility index (Phi) is 4.70. The number of nitrogens with two attached hydrogens (primary N) is 2. The van der Waals surface area contributed by atoms with E-state index in [0.717, 1.165) is 21.1 Å². The average Bonchev–Trinajstić information content (AvgIpc) is 2.80. The van der Waals surface area contributed by atoms with Crippen LogP contribution in [0.2, 0.25) is 0 Å². The normalized spacial score (nSPS) is 10.3. The number of primary amides is 1. The predicted molar refractivity (Wildman–Crippen MR) is 82.4 cm³/mol. The fourth-order valence-corrected chi connectivity index (χ4v) is 3.06. The quantitative estimate of drug-likeness (QED) is 0.715. The lowest BCUT2D eigenvalue weighted by molar-refractivity contribution is -0.115. The topological polar surface area (TPSA) is 81.1 Å². The maximum Gasteiger partial charge on any atom is 0.227 e. The number of hydrogen-bond donors (Lipinski definition) is 3. The van der Waals surface area contributed by atoms with Crippen LogP contribution in [0.5, 0.6) is 0 Å². The van der Waals surface area contributed by atoms with Gasteiger partial charge in [0.2, 0.25) is 5.91 Å². The summed E-state index contributed by atoms with van der Waals surface area (Å²) in [5, 5.41) is 5.31. The number of carbonyl (C=O) groups excluding carboxylic acids is 1. The van der Waals surface area contributed by atoms with E-state index in [1.807, 2.05) is 35.7 Å². The highest BCUT2D eigenvalue weighted by Crippen LogP contribution is 2.28.